The Kier molecular flexibility index (Phi) is 4.41. The fourth-order valence-corrected chi connectivity index (χ4v) is 4.76. The van der Waals surface area contributed by atoms with Crippen molar-refractivity contribution in [2.24, 2.45) is 0 Å². The van der Waals surface area contributed by atoms with Crippen LogP contribution in [0.5, 0.6) is 5.75 Å². The Morgan fingerprint density at radius 1 is 1.26 bits per heavy atom. The van der Waals surface area contributed by atoms with Crippen LogP contribution in [0.1, 0.15) is 49.4 Å². The molecule has 0 saturated heterocycles. The molecule has 160 valence electrons. The van der Waals surface area contributed by atoms with Crippen LogP contribution in [0.4, 0.5) is 0 Å². The third-order valence-electron chi connectivity index (χ3n) is 6.36. The van der Waals surface area contributed by atoms with Crippen molar-refractivity contribution in [3.8, 4) is 17.1 Å². The van der Waals surface area contributed by atoms with Gasteiger partial charge >= 0.3 is 5.97 Å². The number of hydrogen-bond donors (Lipinski definition) is 1. The van der Waals surface area contributed by atoms with E-state index in [1.165, 1.54) is 0 Å². The summed E-state index contributed by atoms with van der Waals surface area (Å²) < 4.78 is 12.8. The largest absolute Gasteiger partial charge is 0.491 e. The van der Waals surface area contributed by atoms with Gasteiger partial charge in [0, 0.05) is 10.9 Å². The van der Waals surface area contributed by atoms with Gasteiger partial charge in [0.2, 0.25) is 0 Å². The van der Waals surface area contributed by atoms with Gasteiger partial charge < -0.3 is 14.6 Å². The van der Waals surface area contributed by atoms with Crippen LogP contribution in [-0.2, 0) is 34.7 Å². The van der Waals surface area contributed by atoms with Crippen LogP contribution in [-0.4, -0.2) is 27.2 Å². The van der Waals surface area contributed by atoms with Crippen LogP contribution in [0.2, 0.25) is 0 Å². The third-order valence-corrected chi connectivity index (χ3v) is 6.36. The van der Waals surface area contributed by atoms with Gasteiger partial charge in [0.25, 0.3) is 5.56 Å². The number of rotatable bonds is 4. The maximum absolute atomic E-state index is 13.4. The highest BCUT2D eigenvalue weighted by atomic mass is 16.6. The van der Waals surface area contributed by atoms with E-state index >= 15 is 0 Å². The molecule has 0 aliphatic carbocycles. The molecule has 2 aromatic heterocycles. The lowest BCUT2D eigenvalue weighted by molar-refractivity contribution is -0.172. The number of fused-ring (bicyclic) bond motifs is 5. The molecule has 7 nitrogen and oxygen atoms in total. The first-order chi connectivity index (χ1) is 14.9. The highest BCUT2D eigenvalue weighted by molar-refractivity contribution is 5.90. The number of ether oxygens (including phenoxy) is 2. The molecule has 4 heterocycles. The molecule has 3 aromatic rings. The average molecular weight is 420 g/mol. The number of aromatic nitrogens is 2. The maximum atomic E-state index is 13.4. The average Bonchev–Trinajstić information content (AvgIpc) is 3.15. The molecule has 1 atom stereocenters. The van der Waals surface area contributed by atoms with E-state index in [4.69, 9.17) is 14.5 Å². The highest BCUT2D eigenvalue weighted by Gasteiger charge is 2.48. The van der Waals surface area contributed by atoms with Crippen molar-refractivity contribution in [2.75, 3.05) is 6.61 Å². The Morgan fingerprint density at radius 3 is 2.77 bits per heavy atom. The number of aliphatic hydroxyl groups is 1. The van der Waals surface area contributed by atoms with Gasteiger partial charge in [-0.05, 0) is 31.4 Å². The molecule has 1 aromatic carbocycles. The minimum atomic E-state index is -1.93. The highest BCUT2D eigenvalue weighted by Crippen LogP contribution is 2.46. The standard InChI is InChI=1S/C24H24N2O5/c1-4-13-8-7-9-14-10-15-11-26-20(19(15)25-18(13)14)21(30-6-3)17-16(22(26)27)12-31-23(28)24(17,29)5-2/h7-10,29H,4-6,11-12H2,1-3H3/t24-/m0/s1. The molecular formula is C24H24N2O5. The molecule has 31 heavy (non-hydrogen) atoms. The molecule has 0 radical (unpaired) electrons. The first-order valence-electron chi connectivity index (χ1n) is 10.7. The van der Waals surface area contributed by atoms with Crippen molar-refractivity contribution in [3.05, 3.63) is 56.9 Å². The summed E-state index contributed by atoms with van der Waals surface area (Å²) >= 11 is 0. The Labute approximate surface area is 179 Å². The number of pyridine rings is 2. The van der Waals surface area contributed by atoms with Crippen LogP contribution >= 0.6 is 0 Å². The van der Waals surface area contributed by atoms with E-state index in [9.17, 15) is 14.7 Å². The third kappa shape index (κ3) is 2.59. The quantitative estimate of drug-likeness (QED) is 0.511. The minimum absolute atomic E-state index is 0.0692. The molecular weight excluding hydrogens is 396 g/mol. The predicted molar refractivity (Wildman–Crippen MR) is 115 cm³/mol. The van der Waals surface area contributed by atoms with Crippen LogP contribution in [0.15, 0.2) is 29.1 Å². The molecule has 2 aliphatic heterocycles. The summed E-state index contributed by atoms with van der Waals surface area (Å²) in [7, 11) is 0. The van der Waals surface area contributed by atoms with E-state index in [0.717, 1.165) is 28.5 Å². The van der Waals surface area contributed by atoms with Gasteiger partial charge in [0.15, 0.2) is 11.4 Å². The molecule has 0 bridgehead atoms. The molecule has 0 spiro atoms. The van der Waals surface area contributed by atoms with Gasteiger partial charge in [-0.3, -0.25) is 9.36 Å². The predicted octanol–water partition coefficient (Wildman–Crippen LogP) is 3.04. The number of para-hydroxylation sites is 1. The molecule has 0 amide bonds. The molecule has 7 heteroatoms. The molecule has 0 fully saturated rings. The number of carbonyl (C=O) groups is 1. The van der Waals surface area contributed by atoms with Gasteiger partial charge in [0.1, 0.15) is 12.3 Å². The minimum Gasteiger partial charge on any atom is -0.491 e. The fraction of sp³-hybridized carbons (Fsp3) is 0.375. The number of carbonyl (C=O) groups excluding carboxylic acids is 1. The number of nitrogens with zero attached hydrogens (tertiary/aromatic N) is 2. The monoisotopic (exact) mass is 420 g/mol. The first kappa shape index (κ1) is 19.8. The Morgan fingerprint density at radius 2 is 2.06 bits per heavy atom. The lowest BCUT2D eigenvalue weighted by Gasteiger charge is -2.33. The Bertz CT molecular complexity index is 1310. The van der Waals surface area contributed by atoms with Crippen LogP contribution in [0, 0.1) is 0 Å². The van der Waals surface area contributed by atoms with E-state index in [1.807, 2.05) is 25.1 Å². The number of aryl methyl sites for hydroxylation is 1. The molecule has 1 N–H and O–H groups in total. The molecule has 5 rings (SSSR count). The first-order valence-corrected chi connectivity index (χ1v) is 10.7. The molecule has 0 unspecified atom stereocenters. The van der Waals surface area contributed by atoms with Crippen molar-refractivity contribution in [1.82, 2.24) is 9.55 Å². The summed E-state index contributed by atoms with van der Waals surface area (Å²) in [5.41, 5.74) is 2.37. The van der Waals surface area contributed by atoms with Gasteiger partial charge in [-0.25, -0.2) is 9.78 Å². The van der Waals surface area contributed by atoms with Crippen molar-refractivity contribution in [1.29, 1.82) is 0 Å². The summed E-state index contributed by atoms with van der Waals surface area (Å²) in [6.07, 6.45) is 0.902. The Balaban J connectivity index is 1.89. The number of hydrogen-bond acceptors (Lipinski definition) is 6. The summed E-state index contributed by atoms with van der Waals surface area (Å²) in [6, 6.07) is 8.14. The van der Waals surface area contributed by atoms with Crippen molar-refractivity contribution >= 4 is 16.9 Å². The van der Waals surface area contributed by atoms with Gasteiger partial charge in [0.05, 0.1) is 35.5 Å². The summed E-state index contributed by atoms with van der Waals surface area (Å²) in [4.78, 5) is 30.9. The zero-order valence-electron chi connectivity index (χ0n) is 17.8. The van der Waals surface area contributed by atoms with Crippen LogP contribution in [0.25, 0.3) is 22.3 Å². The second-order valence-electron chi connectivity index (χ2n) is 7.98. The van der Waals surface area contributed by atoms with Gasteiger partial charge in [-0.1, -0.05) is 32.0 Å². The molecule has 0 saturated carbocycles. The number of cyclic esters (lactones) is 1. The van der Waals surface area contributed by atoms with E-state index in [-0.39, 0.29) is 29.7 Å². The fourth-order valence-electron chi connectivity index (χ4n) is 4.76. The summed E-state index contributed by atoms with van der Waals surface area (Å²) in [5, 5.41) is 12.3. The van der Waals surface area contributed by atoms with Gasteiger partial charge in [-0.2, -0.15) is 0 Å². The second kappa shape index (κ2) is 6.92. The van der Waals surface area contributed by atoms with Crippen LogP contribution in [0.3, 0.4) is 0 Å². The van der Waals surface area contributed by atoms with Crippen molar-refractivity contribution < 1.29 is 19.4 Å². The summed E-state index contributed by atoms with van der Waals surface area (Å²) in [5.74, 6) is -0.413. The number of benzene rings is 1. The zero-order valence-corrected chi connectivity index (χ0v) is 17.8. The van der Waals surface area contributed by atoms with E-state index in [0.29, 0.717) is 30.3 Å². The maximum Gasteiger partial charge on any atom is 0.343 e. The van der Waals surface area contributed by atoms with E-state index < -0.39 is 11.6 Å². The lowest BCUT2D eigenvalue weighted by atomic mass is 9.85. The van der Waals surface area contributed by atoms with Crippen molar-refractivity contribution in [3.63, 3.8) is 0 Å². The smallest absolute Gasteiger partial charge is 0.343 e. The zero-order chi connectivity index (χ0) is 21.9. The van der Waals surface area contributed by atoms with Crippen LogP contribution < -0.4 is 10.3 Å². The van der Waals surface area contributed by atoms with E-state index in [1.54, 1.807) is 11.5 Å². The summed E-state index contributed by atoms with van der Waals surface area (Å²) in [6.45, 7) is 6.09. The van der Waals surface area contributed by atoms with Gasteiger partial charge in [-0.15, -0.1) is 0 Å². The van der Waals surface area contributed by atoms with E-state index in [2.05, 4.69) is 13.0 Å². The lowest BCUT2D eigenvalue weighted by Crippen LogP contribution is -2.45. The Hall–Kier alpha value is -3.19. The second-order valence-corrected chi connectivity index (χ2v) is 7.98. The topological polar surface area (TPSA) is 90.7 Å². The SMILES string of the molecule is CCOc1c2c(c(=O)n3c1-c1nc4c(CC)cccc4cc1C3)COC(=O)[C@]2(O)CC. The number of esters is 1. The molecule has 2 aliphatic rings. The van der Waals surface area contributed by atoms with Crippen molar-refractivity contribution in [2.45, 2.75) is 52.4 Å². The normalized spacial score (nSPS) is 19.0.